The van der Waals surface area contributed by atoms with Gasteiger partial charge in [-0.05, 0) is 51.9 Å². The van der Waals surface area contributed by atoms with Crippen molar-refractivity contribution in [1.29, 1.82) is 0 Å². The van der Waals surface area contributed by atoms with Crippen molar-refractivity contribution in [1.82, 2.24) is 10.2 Å². The second-order valence-electron chi connectivity index (χ2n) is 4.80. The van der Waals surface area contributed by atoms with Gasteiger partial charge in [0.15, 0.2) is 0 Å². The molecule has 1 heterocycles. The Labute approximate surface area is 82.7 Å². The SMILES string of the molecule is CC(C)C(C1CCCNC1)N(C)C. The Bertz CT molecular complexity index is 129. The highest BCUT2D eigenvalue weighted by atomic mass is 15.1. The summed E-state index contributed by atoms with van der Waals surface area (Å²) < 4.78 is 0. The Balaban J connectivity index is 2.52. The summed E-state index contributed by atoms with van der Waals surface area (Å²) in [5, 5.41) is 3.50. The molecular weight excluding hydrogens is 160 g/mol. The molecule has 0 amide bonds. The van der Waals surface area contributed by atoms with E-state index in [0.29, 0.717) is 0 Å². The lowest BCUT2D eigenvalue weighted by atomic mass is 9.84. The summed E-state index contributed by atoms with van der Waals surface area (Å²) in [7, 11) is 4.42. The van der Waals surface area contributed by atoms with Crippen LogP contribution < -0.4 is 5.32 Å². The van der Waals surface area contributed by atoms with E-state index in [1.54, 1.807) is 0 Å². The molecule has 1 aliphatic rings. The van der Waals surface area contributed by atoms with E-state index in [0.717, 1.165) is 17.9 Å². The third-order valence-corrected chi connectivity index (χ3v) is 3.10. The summed E-state index contributed by atoms with van der Waals surface area (Å²) in [6.07, 6.45) is 2.75. The summed E-state index contributed by atoms with van der Waals surface area (Å²) in [6.45, 7) is 7.09. The van der Waals surface area contributed by atoms with Crippen LogP contribution in [0.5, 0.6) is 0 Å². The van der Waals surface area contributed by atoms with Gasteiger partial charge in [0.05, 0.1) is 0 Å². The van der Waals surface area contributed by atoms with Crippen LogP contribution in [0.15, 0.2) is 0 Å². The lowest BCUT2D eigenvalue weighted by molar-refractivity contribution is 0.136. The maximum absolute atomic E-state index is 3.50. The largest absolute Gasteiger partial charge is 0.316 e. The molecule has 0 bridgehead atoms. The maximum Gasteiger partial charge on any atom is 0.0152 e. The van der Waals surface area contributed by atoms with Crippen molar-refractivity contribution in [2.45, 2.75) is 32.7 Å². The Morgan fingerprint density at radius 3 is 2.38 bits per heavy atom. The molecule has 0 aromatic rings. The average Bonchev–Trinajstić information content (AvgIpc) is 2.04. The van der Waals surface area contributed by atoms with Gasteiger partial charge in [-0.3, -0.25) is 0 Å². The van der Waals surface area contributed by atoms with Crippen LogP contribution >= 0.6 is 0 Å². The Morgan fingerprint density at radius 2 is 2.00 bits per heavy atom. The molecule has 0 radical (unpaired) electrons. The van der Waals surface area contributed by atoms with Gasteiger partial charge < -0.3 is 10.2 Å². The topological polar surface area (TPSA) is 15.3 Å². The monoisotopic (exact) mass is 184 g/mol. The summed E-state index contributed by atoms with van der Waals surface area (Å²) in [4.78, 5) is 2.39. The Morgan fingerprint density at radius 1 is 1.31 bits per heavy atom. The van der Waals surface area contributed by atoms with Crippen molar-refractivity contribution >= 4 is 0 Å². The van der Waals surface area contributed by atoms with Gasteiger partial charge in [-0.2, -0.15) is 0 Å². The van der Waals surface area contributed by atoms with Gasteiger partial charge in [-0.25, -0.2) is 0 Å². The molecular formula is C11H24N2. The Kier molecular flexibility index (Phi) is 4.20. The van der Waals surface area contributed by atoms with Crippen LogP contribution in [-0.4, -0.2) is 38.1 Å². The molecule has 0 aromatic heterocycles. The van der Waals surface area contributed by atoms with Crippen LogP contribution in [0.3, 0.4) is 0 Å². The number of nitrogens with one attached hydrogen (secondary N) is 1. The predicted octanol–water partition coefficient (Wildman–Crippen LogP) is 1.57. The standard InChI is InChI=1S/C11H24N2/c1-9(2)11(13(3)4)10-6-5-7-12-8-10/h9-12H,5-8H2,1-4H3. The molecule has 13 heavy (non-hydrogen) atoms. The molecule has 2 nitrogen and oxygen atoms in total. The fourth-order valence-corrected chi connectivity index (χ4v) is 2.73. The molecule has 2 atom stereocenters. The fourth-order valence-electron chi connectivity index (χ4n) is 2.73. The summed E-state index contributed by atoms with van der Waals surface area (Å²) in [5.74, 6) is 1.61. The van der Waals surface area contributed by atoms with Crippen LogP contribution in [0.1, 0.15) is 26.7 Å². The van der Waals surface area contributed by atoms with Crippen LogP contribution in [0.4, 0.5) is 0 Å². The molecule has 2 unspecified atom stereocenters. The number of hydrogen-bond acceptors (Lipinski definition) is 2. The average molecular weight is 184 g/mol. The minimum atomic E-state index is 0.743. The van der Waals surface area contributed by atoms with E-state index in [9.17, 15) is 0 Å². The molecule has 1 rings (SSSR count). The van der Waals surface area contributed by atoms with Crippen molar-refractivity contribution in [3.05, 3.63) is 0 Å². The summed E-state index contributed by atoms with van der Waals surface area (Å²) >= 11 is 0. The van der Waals surface area contributed by atoms with Gasteiger partial charge in [0.2, 0.25) is 0 Å². The summed E-state index contributed by atoms with van der Waals surface area (Å²) in [5.41, 5.74) is 0. The van der Waals surface area contributed by atoms with Crippen LogP contribution in [0.25, 0.3) is 0 Å². The van der Waals surface area contributed by atoms with Crippen LogP contribution in [0.2, 0.25) is 0 Å². The highest BCUT2D eigenvalue weighted by Gasteiger charge is 2.27. The van der Waals surface area contributed by atoms with E-state index in [1.165, 1.54) is 25.9 Å². The van der Waals surface area contributed by atoms with Gasteiger partial charge in [-0.15, -0.1) is 0 Å². The minimum Gasteiger partial charge on any atom is -0.316 e. The highest BCUT2D eigenvalue weighted by Crippen LogP contribution is 2.23. The number of rotatable bonds is 3. The zero-order valence-corrected chi connectivity index (χ0v) is 9.51. The number of piperidine rings is 1. The summed E-state index contributed by atoms with van der Waals surface area (Å²) in [6, 6.07) is 0.743. The predicted molar refractivity (Wildman–Crippen MR) is 57.9 cm³/mol. The van der Waals surface area contributed by atoms with E-state index in [-0.39, 0.29) is 0 Å². The third-order valence-electron chi connectivity index (χ3n) is 3.10. The van der Waals surface area contributed by atoms with Crippen molar-refractivity contribution in [2.24, 2.45) is 11.8 Å². The molecule has 78 valence electrons. The van der Waals surface area contributed by atoms with E-state index < -0.39 is 0 Å². The first-order valence-electron chi connectivity index (χ1n) is 5.50. The molecule has 1 saturated heterocycles. The smallest absolute Gasteiger partial charge is 0.0152 e. The van der Waals surface area contributed by atoms with Gasteiger partial charge >= 0.3 is 0 Å². The van der Waals surface area contributed by atoms with Crippen molar-refractivity contribution in [2.75, 3.05) is 27.2 Å². The van der Waals surface area contributed by atoms with Crippen molar-refractivity contribution < 1.29 is 0 Å². The normalized spacial score (nSPS) is 26.8. The number of hydrogen-bond donors (Lipinski definition) is 1. The molecule has 0 spiro atoms. The van der Waals surface area contributed by atoms with Crippen LogP contribution in [-0.2, 0) is 0 Å². The molecule has 1 N–H and O–H groups in total. The molecule has 0 saturated carbocycles. The van der Waals surface area contributed by atoms with E-state index in [2.05, 4.69) is 38.2 Å². The Hall–Kier alpha value is -0.0800. The van der Waals surface area contributed by atoms with E-state index in [4.69, 9.17) is 0 Å². The van der Waals surface area contributed by atoms with Gasteiger partial charge in [0.25, 0.3) is 0 Å². The van der Waals surface area contributed by atoms with Crippen molar-refractivity contribution in [3.8, 4) is 0 Å². The van der Waals surface area contributed by atoms with Gasteiger partial charge in [0.1, 0.15) is 0 Å². The van der Waals surface area contributed by atoms with Gasteiger partial charge in [-0.1, -0.05) is 13.8 Å². The van der Waals surface area contributed by atoms with Crippen molar-refractivity contribution in [3.63, 3.8) is 0 Å². The minimum absolute atomic E-state index is 0.743. The zero-order chi connectivity index (χ0) is 9.84. The molecule has 0 aromatic carbocycles. The quantitative estimate of drug-likeness (QED) is 0.716. The molecule has 0 aliphatic carbocycles. The first kappa shape index (κ1) is 11.0. The third kappa shape index (κ3) is 2.96. The lowest BCUT2D eigenvalue weighted by Crippen LogP contribution is -2.46. The lowest BCUT2D eigenvalue weighted by Gasteiger charge is -2.37. The maximum atomic E-state index is 3.50. The first-order valence-corrected chi connectivity index (χ1v) is 5.50. The molecule has 1 aliphatic heterocycles. The van der Waals surface area contributed by atoms with Gasteiger partial charge in [0, 0.05) is 6.04 Å². The fraction of sp³-hybridized carbons (Fsp3) is 1.00. The number of nitrogens with zero attached hydrogens (tertiary/aromatic N) is 1. The van der Waals surface area contributed by atoms with E-state index >= 15 is 0 Å². The van der Waals surface area contributed by atoms with E-state index in [1.807, 2.05) is 0 Å². The highest BCUT2D eigenvalue weighted by molar-refractivity contribution is 4.83. The zero-order valence-electron chi connectivity index (χ0n) is 9.51. The van der Waals surface area contributed by atoms with Crippen LogP contribution in [0, 0.1) is 11.8 Å². The first-order chi connectivity index (χ1) is 6.13. The molecule has 2 heteroatoms. The second kappa shape index (κ2) is 4.97. The second-order valence-corrected chi connectivity index (χ2v) is 4.80. The molecule has 1 fully saturated rings.